The summed E-state index contributed by atoms with van der Waals surface area (Å²) in [6.45, 7) is 0.349. The molecule has 4 heteroatoms. The Morgan fingerprint density at radius 2 is 2.15 bits per heavy atom. The fourth-order valence-electron chi connectivity index (χ4n) is 2.64. The van der Waals surface area contributed by atoms with Crippen molar-refractivity contribution in [2.45, 2.75) is 25.5 Å². The van der Waals surface area contributed by atoms with E-state index in [1.54, 1.807) is 0 Å². The number of halogens is 2. The second kappa shape index (κ2) is 5.54. The van der Waals surface area contributed by atoms with Crippen molar-refractivity contribution in [3.63, 3.8) is 0 Å². The predicted molar refractivity (Wildman–Crippen MR) is 80.1 cm³/mol. The lowest BCUT2D eigenvalue weighted by molar-refractivity contribution is 0.302. The summed E-state index contributed by atoms with van der Waals surface area (Å²) in [5, 5.41) is 0. The highest BCUT2D eigenvalue weighted by molar-refractivity contribution is 9.10. The molecule has 2 aromatic rings. The fraction of sp³-hybridized carbons (Fsp3) is 0.250. The van der Waals surface area contributed by atoms with E-state index in [1.807, 2.05) is 18.2 Å². The monoisotopic (exact) mass is 335 g/mol. The van der Waals surface area contributed by atoms with Gasteiger partial charge in [0.25, 0.3) is 0 Å². The molecule has 3 rings (SSSR count). The number of hydrogen-bond donors (Lipinski definition) is 1. The Bertz CT molecular complexity index is 624. The van der Waals surface area contributed by atoms with Gasteiger partial charge in [-0.1, -0.05) is 28.1 Å². The van der Waals surface area contributed by atoms with Crippen LogP contribution in [0, 0.1) is 5.82 Å². The van der Waals surface area contributed by atoms with E-state index in [2.05, 4.69) is 22.0 Å². The van der Waals surface area contributed by atoms with E-state index in [4.69, 9.17) is 10.5 Å². The summed E-state index contributed by atoms with van der Waals surface area (Å²) < 4.78 is 19.9. The lowest BCUT2D eigenvalue weighted by atomic mass is 10.1. The highest BCUT2D eigenvalue weighted by Crippen LogP contribution is 2.35. The maximum absolute atomic E-state index is 13.3. The van der Waals surface area contributed by atoms with Gasteiger partial charge in [-0.05, 0) is 53.8 Å². The molecule has 2 nitrogen and oxygen atoms in total. The fourth-order valence-corrected chi connectivity index (χ4v) is 3.16. The number of ether oxygens (including phenoxy) is 1. The van der Waals surface area contributed by atoms with Gasteiger partial charge in [0, 0.05) is 10.5 Å². The summed E-state index contributed by atoms with van der Waals surface area (Å²) in [4.78, 5) is 0. The minimum atomic E-state index is -0.265. The third kappa shape index (κ3) is 2.72. The standard InChI is InChI=1S/C16H15BrFNO/c17-11-6-10(7-12(18)8-11)9-20-16-3-1-2-13-14(16)4-5-15(13)19/h1-3,6-8,15H,4-5,9,19H2. The molecule has 1 aliphatic carbocycles. The van der Waals surface area contributed by atoms with Gasteiger partial charge in [0.15, 0.2) is 0 Å². The molecule has 1 atom stereocenters. The zero-order chi connectivity index (χ0) is 14.1. The number of benzene rings is 2. The van der Waals surface area contributed by atoms with E-state index in [1.165, 1.54) is 23.3 Å². The molecule has 0 saturated carbocycles. The Labute approximate surface area is 125 Å². The number of fused-ring (bicyclic) bond motifs is 1. The molecule has 0 amide bonds. The van der Waals surface area contributed by atoms with Gasteiger partial charge >= 0.3 is 0 Å². The molecule has 0 aromatic heterocycles. The third-order valence-corrected chi connectivity index (χ3v) is 4.05. The Balaban J connectivity index is 1.79. The van der Waals surface area contributed by atoms with E-state index in [0.717, 1.165) is 28.6 Å². The second-order valence-electron chi connectivity index (χ2n) is 5.04. The summed E-state index contributed by atoms with van der Waals surface area (Å²) >= 11 is 3.28. The highest BCUT2D eigenvalue weighted by Gasteiger charge is 2.22. The Morgan fingerprint density at radius 3 is 2.95 bits per heavy atom. The molecule has 0 spiro atoms. The lowest BCUT2D eigenvalue weighted by Gasteiger charge is -2.12. The first-order valence-electron chi connectivity index (χ1n) is 6.58. The van der Waals surface area contributed by atoms with Crippen LogP contribution in [-0.4, -0.2) is 0 Å². The molecular weight excluding hydrogens is 321 g/mol. The van der Waals surface area contributed by atoms with Gasteiger partial charge in [-0.2, -0.15) is 0 Å². The number of hydrogen-bond acceptors (Lipinski definition) is 2. The van der Waals surface area contributed by atoms with Gasteiger partial charge in [0.2, 0.25) is 0 Å². The Kier molecular flexibility index (Phi) is 3.76. The van der Waals surface area contributed by atoms with Crippen molar-refractivity contribution >= 4 is 15.9 Å². The molecule has 0 radical (unpaired) electrons. The summed E-state index contributed by atoms with van der Waals surface area (Å²) in [6, 6.07) is 10.8. The van der Waals surface area contributed by atoms with Crippen molar-refractivity contribution in [2.75, 3.05) is 0 Å². The quantitative estimate of drug-likeness (QED) is 0.915. The largest absolute Gasteiger partial charge is 0.489 e. The lowest BCUT2D eigenvalue weighted by Crippen LogP contribution is -2.05. The molecule has 1 unspecified atom stereocenters. The van der Waals surface area contributed by atoms with Crippen LogP contribution in [-0.2, 0) is 13.0 Å². The Morgan fingerprint density at radius 1 is 1.30 bits per heavy atom. The minimum Gasteiger partial charge on any atom is -0.489 e. The van der Waals surface area contributed by atoms with Crippen molar-refractivity contribution in [1.82, 2.24) is 0 Å². The highest BCUT2D eigenvalue weighted by atomic mass is 79.9. The average Bonchev–Trinajstić information content (AvgIpc) is 2.78. The van der Waals surface area contributed by atoms with Gasteiger partial charge in [0.05, 0.1) is 0 Å². The first-order valence-corrected chi connectivity index (χ1v) is 7.38. The molecule has 0 aliphatic heterocycles. The second-order valence-corrected chi connectivity index (χ2v) is 5.95. The molecule has 2 aromatic carbocycles. The molecule has 104 valence electrons. The number of nitrogens with two attached hydrogens (primary N) is 1. The maximum atomic E-state index is 13.3. The van der Waals surface area contributed by atoms with E-state index >= 15 is 0 Å². The normalized spacial score (nSPS) is 17.1. The molecule has 0 heterocycles. The molecular formula is C16H15BrFNO. The molecule has 0 saturated heterocycles. The summed E-state index contributed by atoms with van der Waals surface area (Å²) in [5.41, 5.74) is 9.21. The van der Waals surface area contributed by atoms with Crippen LogP contribution in [0.3, 0.4) is 0 Å². The third-order valence-electron chi connectivity index (χ3n) is 3.59. The number of rotatable bonds is 3. The van der Waals surface area contributed by atoms with E-state index in [0.29, 0.717) is 6.61 Å². The average molecular weight is 336 g/mol. The van der Waals surface area contributed by atoms with Crippen LogP contribution in [0.2, 0.25) is 0 Å². The molecule has 1 aliphatic rings. The van der Waals surface area contributed by atoms with Crippen LogP contribution in [0.1, 0.15) is 29.2 Å². The van der Waals surface area contributed by atoms with Crippen molar-refractivity contribution in [3.8, 4) is 5.75 Å². The first-order chi connectivity index (χ1) is 9.63. The zero-order valence-electron chi connectivity index (χ0n) is 10.9. The topological polar surface area (TPSA) is 35.2 Å². The van der Waals surface area contributed by atoms with Gasteiger partial charge < -0.3 is 10.5 Å². The van der Waals surface area contributed by atoms with Gasteiger partial charge in [-0.15, -0.1) is 0 Å². The van der Waals surface area contributed by atoms with E-state index in [9.17, 15) is 4.39 Å². The summed E-state index contributed by atoms with van der Waals surface area (Å²) in [6.07, 6.45) is 1.90. The van der Waals surface area contributed by atoms with E-state index in [-0.39, 0.29) is 11.9 Å². The van der Waals surface area contributed by atoms with Crippen LogP contribution in [0.5, 0.6) is 5.75 Å². The van der Waals surface area contributed by atoms with Crippen LogP contribution < -0.4 is 10.5 Å². The van der Waals surface area contributed by atoms with E-state index < -0.39 is 0 Å². The van der Waals surface area contributed by atoms with Crippen molar-refractivity contribution in [2.24, 2.45) is 5.73 Å². The smallest absolute Gasteiger partial charge is 0.124 e. The molecule has 0 bridgehead atoms. The van der Waals surface area contributed by atoms with Gasteiger partial charge in [-0.3, -0.25) is 0 Å². The van der Waals surface area contributed by atoms with Gasteiger partial charge in [-0.25, -0.2) is 4.39 Å². The van der Waals surface area contributed by atoms with Crippen LogP contribution in [0.15, 0.2) is 40.9 Å². The molecule has 0 fully saturated rings. The Hall–Kier alpha value is -1.39. The molecule has 20 heavy (non-hydrogen) atoms. The van der Waals surface area contributed by atoms with Gasteiger partial charge in [0.1, 0.15) is 18.2 Å². The predicted octanol–water partition coefficient (Wildman–Crippen LogP) is 4.11. The van der Waals surface area contributed by atoms with Crippen LogP contribution in [0.4, 0.5) is 4.39 Å². The van der Waals surface area contributed by atoms with Crippen LogP contribution in [0.25, 0.3) is 0 Å². The zero-order valence-corrected chi connectivity index (χ0v) is 12.5. The minimum absolute atomic E-state index is 0.108. The summed E-state index contributed by atoms with van der Waals surface area (Å²) in [7, 11) is 0. The van der Waals surface area contributed by atoms with Crippen molar-refractivity contribution in [3.05, 3.63) is 63.4 Å². The van der Waals surface area contributed by atoms with Crippen LogP contribution >= 0.6 is 15.9 Å². The maximum Gasteiger partial charge on any atom is 0.124 e. The SMILES string of the molecule is NC1CCc2c(OCc3cc(F)cc(Br)c3)cccc21. The summed E-state index contributed by atoms with van der Waals surface area (Å²) in [5.74, 6) is 0.592. The van der Waals surface area contributed by atoms with Crippen molar-refractivity contribution in [1.29, 1.82) is 0 Å². The molecule has 2 N–H and O–H groups in total. The first kappa shape index (κ1) is 13.6. The van der Waals surface area contributed by atoms with Crippen molar-refractivity contribution < 1.29 is 9.13 Å².